The van der Waals surface area contributed by atoms with E-state index in [1.807, 2.05) is 19.9 Å². The molecular formula is C11H11N5. The third-order valence-electron chi connectivity index (χ3n) is 2.21. The number of hydrogen-bond acceptors (Lipinski definition) is 4. The van der Waals surface area contributed by atoms with Crippen LogP contribution in [-0.4, -0.2) is 19.5 Å². The lowest BCUT2D eigenvalue weighted by atomic mass is 10.3. The third-order valence-corrected chi connectivity index (χ3v) is 2.21. The normalized spacial score (nSPS) is 10.1. The Morgan fingerprint density at radius 3 is 2.94 bits per heavy atom. The lowest BCUT2D eigenvalue weighted by Gasteiger charge is -2.05. The average Bonchev–Trinajstić information content (AvgIpc) is 2.76. The molecule has 0 aliphatic rings. The molecule has 0 aliphatic heterocycles. The molecule has 2 rings (SSSR count). The Morgan fingerprint density at radius 1 is 1.44 bits per heavy atom. The summed E-state index contributed by atoms with van der Waals surface area (Å²) in [5.41, 5.74) is 1.15. The van der Waals surface area contributed by atoms with Crippen LogP contribution in [-0.2, 0) is 6.42 Å². The number of imidazole rings is 1. The summed E-state index contributed by atoms with van der Waals surface area (Å²) in [6.45, 7) is 3.86. The molecule has 0 saturated carbocycles. The van der Waals surface area contributed by atoms with Gasteiger partial charge in [0.15, 0.2) is 0 Å². The molecule has 0 bridgehead atoms. The Hall–Kier alpha value is -2.22. The van der Waals surface area contributed by atoms with Gasteiger partial charge in [-0.05, 0) is 13.0 Å². The Morgan fingerprint density at radius 2 is 2.25 bits per heavy atom. The van der Waals surface area contributed by atoms with Crippen molar-refractivity contribution in [3.05, 3.63) is 35.7 Å². The summed E-state index contributed by atoms with van der Waals surface area (Å²) in [4.78, 5) is 12.6. The van der Waals surface area contributed by atoms with Gasteiger partial charge in [0.05, 0.1) is 0 Å². The molecule has 5 nitrogen and oxygen atoms in total. The molecule has 0 N–H and O–H groups in total. The fourth-order valence-corrected chi connectivity index (χ4v) is 1.50. The Kier molecular flexibility index (Phi) is 2.64. The number of rotatable bonds is 2. The van der Waals surface area contributed by atoms with Crippen molar-refractivity contribution in [3.8, 4) is 12.0 Å². The maximum Gasteiger partial charge on any atom is 0.236 e. The lowest BCUT2D eigenvalue weighted by Crippen LogP contribution is -2.06. The van der Waals surface area contributed by atoms with Crippen molar-refractivity contribution >= 4 is 0 Å². The summed E-state index contributed by atoms with van der Waals surface area (Å²) < 4.78 is 1.80. The number of nitriles is 1. The van der Waals surface area contributed by atoms with E-state index in [2.05, 4.69) is 15.0 Å². The molecule has 0 unspecified atom stereocenters. The Balaban J connectivity index is 2.56. The van der Waals surface area contributed by atoms with Crippen molar-refractivity contribution in [2.45, 2.75) is 20.3 Å². The van der Waals surface area contributed by atoms with Crippen LogP contribution in [0.2, 0.25) is 0 Å². The molecule has 5 heteroatoms. The summed E-state index contributed by atoms with van der Waals surface area (Å²) in [5.74, 6) is 1.39. The van der Waals surface area contributed by atoms with Gasteiger partial charge >= 0.3 is 0 Å². The lowest BCUT2D eigenvalue weighted by molar-refractivity contribution is 0.826. The van der Waals surface area contributed by atoms with Crippen LogP contribution in [0.3, 0.4) is 0 Å². The van der Waals surface area contributed by atoms with Crippen molar-refractivity contribution in [2.75, 3.05) is 0 Å². The van der Waals surface area contributed by atoms with Gasteiger partial charge in [-0.1, -0.05) is 6.92 Å². The van der Waals surface area contributed by atoms with Gasteiger partial charge in [0.2, 0.25) is 5.95 Å². The van der Waals surface area contributed by atoms with E-state index in [1.54, 1.807) is 23.0 Å². The van der Waals surface area contributed by atoms with Crippen LogP contribution in [0, 0.1) is 18.3 Å². The molecule has 0 fully saturated rings. The topological polar surface area (TPSA) is 67.4 Å². The average molecular weight is 213 g/mol. The monoisotopic (exact) mass is 213 g/mol. The van der Waals surface area contributed by atoms with E-state index in [1.165, 1.54) is 0 Å². The van der Waals surface area contributed by atoms with Crippen molar-refractivity contribution in [3.63, 3.8) is 0 Å². The molecule has 2 heterocycles. The number of aromatic nitrogens is 4. The van der Waals surface area contributed by atoms with Gasteiger partial charge in [0.1, 0.15) is 17.6 Å². The van der Waals surface area contributed by atoms with Crippen molar-refractivity contribution in [1.82, 2.24) is 19.5 Å². The van der Waals surface area contributed by atoms with E-state index >= 15 is 0 Å². The first-order chi connectivity index (χ1) is 7.74. The standard InChI is InChI=1S/C11H11N5/c1-3-10-13-4-5-16(10)11-14-8(2)6-9(7-12)15-11/h4-6H,3H2,1-2H3. The van der Waals surface area contributed by atoms with E-state index in [0.29, 0.717) is 11.6 Å². The Bertz CT molecular complexity index is 550. The molecule has 0 atom stereocenters. The largest absolute Gasteiger partial charge is 0.272 e. The number of hydrogen-bond donors (Lipinski definition) is 0. The zero-order chi connectivity index (χ0) is 11.5. The van der Waals surface area contributed by atoms with Crippen LogP contribution in [0.5, 0.6) is 0 Å². The van der Waals surface area contributed by atoms with Crippen LogP contribution in [0.4, 0.5) is 0 Å². The number of nitrogens with zero attached hydrogens (tertiary/aromatic N) is 5. The summed E-state index contributed by atoms with van der Waals surface area (Å²) in [6.07, 6.45) is 4.30. The van der Waals surface area contributed by atoms with Crippen molar-refractivity contribution in [2.24, 2.45) is 0 Å². The minimum atomic E-state index is 0.373. The van der Waals surface area contributed by atoms with Crippen molar-refractivity contribution < 1.29 is 0 Å². The fraction of sp³-hybridized carbons (Fsp3) is 0.273. The van der Waals surface area contributed by atoms with Crippen LogP contribution in [0.15, 0.2) is 18.5 Å². The molecule has 0 saturated heterocycles. The van der Waals surface area contributed by atoms with Gasteiger partial charge in [-0.3, -0.25) is 4.57 Å². The van der Waals surface area contributed by atoms with Gasteiger partial charge in [-0.2, -0.15) is 5.26 Å². The maximum absolute atomic E-state index is 8.85. The highest BCUT2D eigenvalue weighted by Crippen LogP contribution is 2.08. The first kappa shape index (κ1) is 10.3. The highest BCUT2D eigenvalue weighted by atomic mass is 15.2. The Labute approximate surface area is 93.4 Å². The minimum Gasteiger partial charge on any atom is -0.272 e. The fourth-order valence-electron chi connectivity index (χ4n) is 1.50. The summed E-state index contributed by atoms with van der Waals surface area (Å²) in [6, 6.07) is 3.68. The molecule has 80 valence electrons. The third kappa shape index (κ3) is 1.77. The van der Waals surface area contributed by atoms with E-state index in [-0.39, 0.29) is 0 Å². The van der Waals surface area contributed by atoms with Crippen LogP contribution < -0.4 is 0 Å². The SMILES string of the molecule is CCc1nccn1-c1nc(C)cc(C#N)n1. The van der Waals surface area contributed by atoms with Crippen LogP contribution in [0.25, 0.3) is 5.95 Å². The predicted octanol–water partition coefficient (Wildman–Crippen LogP) is 1.40. The maximum atomic E-state index is 8.85. The minimum absolute atomic E-state index is 0.373. The van der Waals surface area contributed by atoms with E-state index < -0.39 is 0 Å². The van der Waals surface area contributed by atoms with E-state index in [4.69, 9.17) is 5.26 Å². The molecule has 2 aromatic heterocycles. The first-order valence-electron chi connectivity index (χ1n) is 5.03. The quantitative estimate of drug-likeness (QED) is 0.756. The second-order valence-electron chi connectivity index (χ2n) is 3.37. The molecular weight excluding hydrogens is 202 g/mol. The highest BCUT2D eigenvalue weighted by molar-refractivity contribution is 5.27. The second kappa shape index (κ2) is 4.11. The zero-order valence-corrected chi connectivity index (χ0v) is 9.18. The molecule has 0 aliphatic carbocycles. The number of aryl methyl sites for hydroxylation is 2. The highest BCUT2D eigenvalue weighted by Gasteiger charge is 2.07. The predicted molar refractivity (Wildman–Crippen MR) is 58.0 cm³/mol. The van der Waals surface area contributed by atoms with Crippen LogP contribution in [0.1, 0.15) is 24.1 Å². The molecule has 0 amide bonds. The second-order valence-corrected chi connectivity index (χ2v) is 3.37. The molecule has 0 radical (unpaired) electrons. The van der Waals surface area contributed by atoms with Gasteiger partial charge < -0.3 is 0 Å². The molecule has 0 aromatic carbocycles. The van der Waals surface area contributed by atoms with Gasteiger partial charge in [-0.15, -0.1) is 0 Å². The van der Waals surface area contributed by atoms with Crippen molar-refractivity contribution in [1.29, 1.82) is 5.26 Å². The molecule has 2 aromatic rings. The smallest absolute Gasteiger partial charge is 0.236 e. The summed E-state index contributed by atoms with van der Waals surface area (Å²) >= 11 is 0. The van der Waals surface area contributed by atoms with E-state index in [9.17, 15) is 0 Å². The zero-order valence-electron chi connectivity index (χ0n) is 9.18. The van der Waals surface area contributed by atoms with Gasteiger partial charge in [-0.25, -0.2) is 15.0 Å². The summed E-state index contributed by atoms with van der Waals surface area (Å²) in [7, 11) is 0. The van der Waals surface area contributed by atoms with E-state index in [0.717, 1.165) is 17.9 Å². The molecule has 16 heavy (non-hydrogen) atoms. The molecule has 0 spiro atoms. The first-order valence-corrected chi connectivity index (χ1v) is 5.03. The van der Waals surface area contributed by atoms with Gasteiger partial charge in [0, 0.05) is 24.5 Å². The van der Waals surface area contributed by atoms with Crippen LogP contribution >= 0.6 is 0 Å². The summed E-state index contributed by atoms with van der Waals surface area (Å²) in [5, 5.41) is 8.85. The van der Waals surface area contributed by atoms with Gasteiger partial charge in [0.25, 0.3) is 0 Å².